The van der Waals surface area contributed by atoms with Crippen molar-refractivity contribution in [2.75, 3.05) is 7.11 Å². The number of esters is 1. The van der Waals surface area contributed by atoms with E-state index in [-0.39, 0.29) is 0 Å². The van der Waals surface area contributed by atoms with Crippen LogP contribution in [0.25, 0.3) is 0 Å². The molecule has 0 saturated heterocycles. The van der Waals surface area contributed by atoms with Gasteiger partial charge in [0, 0.05) is 6.42 Å². The van der Waals surface area contributed by atoms with Crippen molar-refractivity contribution in [1.29, 1.82) is 0 Å². The van der Waals surface area contributed by atoms with Crippen LogP contribution < -0.4 is 0 Å². The minimum absolute atomic E-state index is 0.338. The monoisotopic (exact) mass is 359 g/mol. The average Bonchev–Trinajstić information content (AvgIpc) is 2.49. The predicted octanol–water partition coefficient (Wildman–Crippen LogP) is 3.45. The van der Waals surface area contributed by atoms with Gasteiger partial charge in [-0.05, 0) is 31.9 Å². The summed E-state index contributed by atoms with van der Waals surface area (Å²) in [4.78, 5) is 25.2. The molecule has 1 aromatic rings. The van der Waals surface area contributed by atoms with Gasteiger partial charge in [0.1, 0.15) is 5.60 Å². The van der Waals surface area contributed by atoms with Gasteiger partial charge in [-0.2, -0.15) is 13.2 Å². The fourth-order valence-electron chi connectivity index (χ4n) is 2.82. The molecule has 0 spiro atoms. The third-order valence-corrected chi connectivity index (χ3v) is 3.96. The van der Waals surface area contributed by atoms with E-state index < -0.39 is 42.3 Å². The molecule has 1 heterocycles. The van der Waals surface area contributed by atoms with E-state index in [0.29, 0.717) is 16.0 Å². The van der Waals surface area contributed by atoms with E-state index in [1.807, 2.05) is 0 Å². The number of hydrogen-bond donors (Lipinski definition) is 0. The quantitative estimate of drug-likeness (QED) is 0.721. The molecule has 1 aliphatic rings. The van der Waals surface area contributed by atoms with E-state index in [0.717, 1.165) is 7.11 Å². The van der Waals surface area contributed by atoms with E-state index >= 15 is 0 Å². The fourth-order valence-corrected chi connectivity index (χ4v) is 2.82. The summed E-state index contributed by atoms with van der Waals surface area (Å²) >= 11 is 0. The maximum absolute atomic E-state index is 14.0. The van der Waals surface area contributed by atoms with Crippen molar-refractivity contribution in [3.63, 3.8) is 0 Å². The number of methoxy groups -OCH3 is 1. The first kappa shape index (κ1) is 19.1. The van der Waals surface area contributed by atoms with Crippen LogP contribution in [-0.4, -0.2) is 41.4 Å². The summed E-state index contributed by atoms with van der Waals surface area (Å²) in [5.41, 5.74) is -3.28. The largest absolute Gasteiger partial charge is 0.467 e. The van der Waals surface area contributed by atoms with Gasteiger partial charge >= 0.3 is 18.2 Å². The highest BCUT2D eigenvalue weighted by atomic mass is 19.4. The molecule has 0 saturated carbocycles. The molecule has 1 aromatic carbocycles. The molecule has 1 unspecified atom stereocenters. The van der Waals surface area contributed by atoms with Gasteiger partial charge in [-0.25, -0.2) is 9.59 Å². The number of halogens is 3. The van der Waals surface area contributed by atoms with Crippen LogP contribution in [-0.2, 0) is 27.2 Å². The van der Waals surface area contributed by atoms with Gasteiger partial charge in [0.25, 0.3) is 0 Å². The molecule has 1 atom stereocenters. The first-order valence-electron chi connectivity index (χ1n) is 7.65. The van der Waals surface area contributed by atoms with Gasteiger partial charge in [-0.3, -0.25) is 4.90 Å². The SMILES string of the molecule is COC(=O)C1(C(F)(F)F)Cc2ccccc2CN1C(=O)OC(C)(C)C. The molecule has 5 nitrogen and oxygen atoms in total. The molecule has 138 valence electrons. The zero-order chi connectivity index (χ0) is 19.0. The molecule has 0 N–H and O–H groups in total. The lowest BCUT2D eigenvalue weighted by Crippen LogP contribution is -2.68. The number of ether oxygens (including phenoxy) is 2. The topological polar surface area (TPSA) is 55.8 Å². The standard InChI is InChI=1S/C17H20F3NO4/c1-15(2,3)25-14(23)21-10-12-8-6-5-7-11(12)9-16(21,13(22)24-4)17(18,19)20/h5-8H,9-10H2,1-4H3. The van der Waals surface area contributed by atoms with Gasteiger partial charge in [0.15, 0.2) is 0 Å². The first-order valence-corrected chi connectivity index (χ1v) is 7.65. The molecule has 0 bridgehead atoms. The lowest BCUT2D eigenvalue weighted by atomic mass is 9.82. The molecule has 0 aromatic heterocycles. The molecule has 1 aliphatic heterocycles. The molecular formula is C17H20F3NO4. The number of hydrogen-bond acceptors (Lipinski definition) is 4. The normalized spacial score (nSPS) is 20.7. The number of carbonyl (C=O) groups excluding carboxylic acids is 2. The second kappa shape index (κ2) is 6.24. The minimum atomic E-state index is -5.04. The zero-order valence-corrected chi connectivity index (χ0v) is 14.4. The zero-order valence-electron chi connectivity index (χ0n) is 14.4. The number of rotatable bonds is 1. The van der Waals surface area contributed by atoms with Crippen molar-refractivity contribution < 1.29 is 32.2 Å². The average molecular weight is 359 g/mol. The Bertz CT molecular complexity index is 681. The van der Waals surface area contributed by atoms with Crippen LogP contribution in [0.5, 0.6) is 0 Å². The Morgan fingerprint density at radius 2 is 1.68 bits per heavy atom. The fraction of sp³-hybridized carbons (Fsp3) is 0.529. The Morgan fingerprint density at radius 1 is 1.12 bits per heavy atom. The molecule has 1 amide bonds. The number of alkyl halides is 3. The van der Waals surface area contributed by atoms with Gasteiger partial charge in [-0.15, -0.1) is 0 Å². The van der Waals surface area contributed by atoms with E-state index in [1.165, 1.54) is 26.8 Å². The van der Waals surface area contributed by atoms with Gasteiger partial charge in [0.2, 0.25) is 5.54 Å². The third kappa shape index (κ3) is 3.43. The number of benzene rings is 1. The van der Waals surface area contributed by atoms with Crippen molar-refractivity contribution in [3.8, 4) is 0 Å². The summed E-state index contributed by atoms with van der Waals surface area (Å²) in [7, 11) is 0.865. The molecule has 8 heteroatoms. The highest BCUT2D eigenvalue weighted by Crippen LogP contribution is 2.44. The van der Waals surface area contributed by atoms with E-state index in [1.54, 1.807) is 18.2 Å². The van der Waals surface area contributed by atoms with Crippen LogP contribution in [0, 0.1) is 0 Å². The number of carbonyl (C=O) groups is 2. The minimum Gasteiger partial charge on any atom is -0.467 e. The number of nitrogens with zero attached hydrogens (tertiary/aromatic N) is 1. The Kier molecular flexibility index (Phi) is 4.76. The molecule has 0 radical (unpaired) electrons. The smallest absolute Gasteiger partial charge is 0.423 e. The summed E-state index contributed by atoms with van der Waals surface area (Å²) in [6.07, 6.45) is -6.98. The summed E-state index contributed by atoms with van der Waals surface area (Å²) < 4.78 is 51.6. The Hall–Kier alpha value is -2.25. The summed E-state index contributed by atoms with van der Waals surface area (Å²) in [6, 6.07) is 6.36. The Balaban J connectivity index is 2.62. The van der Waals surface area contributed by atoms with E-state index in [2.05, 4.69) is 4.74 Å². The van der Waals surface area contributed by atoms with Crippen molar-refractivity contribution in [3.05, 3.63) is 35.4 Å². The molecule has 25 heavy (non-hydrogen) atoms. The van der Waals surface area contributed by atoms with Crippen LogP contribution in [0.1, 0.15) is 31.9 Å². The summed E-state index contributed by atoms with van der Waals surface area (Å²) in [6.45, 7) is 4.21. The highest BCUT2D eigenvalue weighted by Gasteiger charge is 2.68. The van der Waals surface area contributed by atoms with Crippen LogP contribution >= 0.6 is 0 Å². The molecule has 0 fully saturated rings. The highest BCUT2D eigenvalue weighted by molar-refractivity contribution is 5.88. The number of amides is 1. The Morgan fingerprint density at radius 3 is 2.16 bits per heavy atom. The number of fused-ring (bicyclic) bond motifs is 1. The predicted molar refractivity (Wildman–Crippen MR) is 82.7 cm³/mol. The van der Waals surface area contributed by atoms with Crippen molar-refractivity contribution >= 4 is 12.1 Å². The lowest BCUT2D eigenvalue weighted by molar-refractivity contribution is -0.239. The van der Waals surface area contributed by atoms with Crippen molar-refractivity contribution in [2.45, 2.75) is 51.1 Å². The first-order chi connectivity index (χ1) is 11.4. The van der Waals surface area contributed by atoms with Crippen LogP contribution in [0.2, 0.25) is 0 Å². The second-order valence-electron chi connectivity index (χ2n) is 6.86. The van der Waals surface area contributed by atoms with Gasteiger partial charge < -0.3 is 9.47 Å². The summed E-state index contributed by atoms with van der Waals surface area (Å²) in [5, 5.41) is 0. The van der Waals surface area contributed by atoms with Crippen molar-refractivity contribution in [2.24, 2.45) is 0 Å². The van der Waals surface area contributed by atoms with Crippen molar-refractivity contribution in [1.82, 2.24) is 4.90 Å². The van der Waals surface area contributed by atoms with Crippen LogP contribution in [0.15, 0.2) is 24.3 Å². The van der Waals surface area contributed by atoms with E-state index in [4.69, 9.17) is 4.74 Å². The second-order valence-corrected chi connectivity index (χ2v) is 6.86. The van der Waals surface area contributed by atoms with Crippen LogP contribution in [0.3, 0.4) is 0 Å². The molecule has 2 rings (SSSR count). The van der Waals surface area contributed by atoms with Crippen LogP contribution in [0.4, 0.5) is 18.0 Å². The van der Waals surface area contributed by atoms with Gasteiger partial charge in [0.05, 0.1) is 13.7 Å². The maximum atomic E-state index is 14.0. The third-order valence-electron chi connectivity index (χ3n) is 3.96. The van der Waals surface area contributed by atoms with E-state index in [9.17, 15) is 22.8 Å². The summed E-state index contributed by atoms with van der Waals surface area (Å²) in [5.74, 6) is -1.54. The van der Waals surface area contributed by atoms with Gasteiger partial charge in [-0.1, -0.05) is 24.3 Å². The Labute approximate surface area is 143 Å². The maximum Gasteiger partial charge on any atom is 0.423 e. The molecule has 0 aliphatic carbocycles. The molecular weight excluding hydrogens is 339 g/mol. The lowest BCUT2D eigenvalue weighted by Gasteiger charge is -2.45.